The molecular formula is C19H26ClN5O. The first-order valence-electron chi connectivity index (χ1n) is 8.97. The highest BCUT2D eigenvalue weighted by molar-refractivity contribution is 6.29. The first-order chi connectivity index (χ1) is 12.7. The Bertz CT molecular complexity index is 742. The predicted molar refractivity (Wildman–Crippen MR) is 107 cm³/mol. The van der Waals surface area contributed by atoms with E-state index >= 15 is 0 Å². The van der Waals surface area contributed by atoms with Crippen LogP contribution >= 0.6 is 11.6 Å². The molecule has 2 N–H and O–H groups in total. The molecule has 0 saturated carbocycles. The minimum Gasteiger partial charge on any atom is -0.357 e. The number of nitrogens with one attached hydrogen (secondary N) is 2. The van der Waals surface area contributed by atoms with Crippen molar-refractivity contribution in [1.82, 2.24) is 20.2 Å². The average molecular weight is 376 g/mol. The van der Waals surface area contributed by atoms with E-state index < -0.39 is 0 Å². The molecule has 0 amide bonds. The number of unbranched alkanes of at least 4 members (excludes halogenated alkanes) is 1. The quantitative estimate of drug-likeness (QED) is 0.306. The van der Waals surface area contributed by atoms with E-state index in [-0.39, 0.29) is 5.56 Å². The third-order valence-electron chi connectivity index (χ3n) is 3.82. The summed E-state index contributed by atoms with van der Waals surface area (Å²) in [7, 11) is 0. The number of hydrogen-bond acceptors (Lipinski definition) is 3. The van der Waals surface area contributed by atoms with Crippen molar-refractivity contribution in [2.45, 2.75) is 32.7 Å². The number of nitrogens with zero attached hydrogens (tertiary/aromatic N) is 3. The van der Waals surface area contributed by atoms with Crippen molar-refractivity contribution in [3.8, 4) is 0 Å². The zero-order valence-electron chi connectivity index (χ0n) is 15.1. The van der Waals surface area contributed by atoms with Gasteiger partial charge in [-0.05, 0) is 43.9 Å². The van der Waals surface area contributed by atoms with Gasteiger partial charge in [-0.1, -0.05) is 23.7 Å². The Labute approximate surface area is 159 Å². The molecule has 0 unspecified atom stereocenters. The molecule has 2 aromatic heterocycles. The molecule has 7 heteroatoms. The lowest BCUT2D eigenvalue weighted by Gasteiger charge is -2.11. The van der Waals surface area contributed by atoms with Crippen molar-refractivity contribution in [3.05, 3.63) is 63.8 Å². The third kappa shape index (κ3) is 7.27. The highest BCUT2D eigenvalue weighted by Gasteiger charge is 1.99. The van der Waals surface area contributed by atoms with Gasteiger partial charge >= 0.3 is 0 Å². The molecule has 0 spiro atoms. The first kappa shape index (κ1) is 20.0. The van der Waals surface area contributed by atoms with E-state index in [1.54, 1.807) is 29.0 Å². The topological polar surface area (TPSA) is 71.3 Å². The maximum Gasteiger partial charge on any atom is 0.250 e. The van der Waals surface area contributed by atoms with E-state index in [1.165, 1.54) is 0 Å². The van der Waals surface area contributed by atoms with Crippen molar-refractivity contribution in [2.75, 3.05) is 19.6 Å². The van der Waals surface area contributed by atoms with Gasteiger partial charge in [0.25, 0.3) is 0 Å². The molecule has 0 saturated heterocycles. The van der Waals surface area contributed by atoms with E-state index in [0.717, 1.165) is 57.0 Å². The SMILES string of the molecule is CCNC(=NCCCCn1ccccc1=O)NCCc1ccc(Cl)nc1. The summed E-state index contributed by atoms with van der Waals surface area (Å²) in [5.41, 5.74) is 1.17. The Morgan fingerprint density at radius 1 is 1.23 bits per heavy atom. The molecule has 0 atom stereocenters. The van der Waals surface area contributed by atoms with Gasteiger partial charge in [0.1, 0.15) is 5.15 Å². The standard InChI is InChI=1S/C19H26ClN5O/c1-2-21-19(23-12-10-16-8-9-17(20)24-15-16)22-11-4-6-14-25-13-5-3-7-18(25)26/h3,5,7-9,13,15H,2,4,6,10-12,14H2,1H3,(H2,21,22,23). The Kier molecular flexibility index (Phi) is 8.69. The van der Waals surface area contributed by atoms with Gasteiger partial charge in [0.15, 0.2) is 5.96 Å². The van der Waals surface area contributed by atoms with Crippen LogP contribution in [0.15, 0.2) is 52.5 Å². The summed E-state index contributed by atoms with van der Waals surface area (Å²) in [6, 6.07) is 9.00. The van der Waals surface area contributed by atoms with E-state index in [4.69, 9.17) is 11.6 Å². The van der Waals surface area contributed by atoms with E-state index in [2.05, 4.69) is 20.6 Å². The maximum absolute atomic E-state index is 11.6. The maximum atomic E-state index is 11.6. The van der Waals surface area contributed by atoms with Crippen LogP contribution in [0.4, 0.5) is 0 Å². The average Bonchev–Trinajstić information content (AvgIpc) is 2.64. The number of aromatic nitrogens is 2. The minimum absolute atomic E-state index is 0.0442. The molecule has 0 radical (unpaired) electrons. The van der Waals surface area contributed by atoms with Crippen LogP contribution in [0.25, 0.3) is 0 Å². The second-order valence-corrected chi connectivity index (χ2v) is 6.25. The summed E-state index contributed by atoms with van der Waals surface area (Å²) >= 11 is 5.79. The Hall–Kier alpha value is -2.34. The predicted octanol–water partition coefficient (Wildman–Crippen LogP) is 2.47. The first-order valence-corrected chi connectivity index (χ1v) is 9.35. The lowest BCUT2D eigenvalue weighted by atomic mass is 10.2. The monoisotopic (exact) mass is 375 g/mol. The van der Waals surface area contributed by atoms with Crippen LogP contribution < -0.4 is 16.2 Å². The van der Waals surface area contributed by atoms with Gasteiger partial charge in [-0.25, -0.2) is 4.98 Å². The van der Waals surface area contributed by atoms with Crippen LogP contribution in [0.5, 0.6) is 0 Å². The molecular weight excluding hydrogens is 350 g/mol. The molecule has 0 aliphatic heterocycles. The van der Waals surface area contributed by atoms with Crippen LogP contribution in [0.2, 0.25) is 5.15 Å². The van der Waals surface area contributed by atoms with Crippen molar-refractivity contribution in [3.63, 3.8) is 0 Å². The number of hydrogen-bond donors (Lipinski definition) is 2. The van der Waals surface area contributed by atoms with Gasteiger partial charge in [0.05, 0.1) is 0 Å². The van der Waals surface area contributed by atoms with Gasteiger partial charge in [-0.3, -0.25) is 9.79 Å². The van der Waals surface area contributed by atoms with Crippen molar-refractivity contribution < 1.29 is 0 Å². The number of aliphatic imine (C=N–C) groups is 1. The van der Waals surface area contributed by atoms with E-state index in [0.29, 0.717) is 5.15 Å². The summed E-state index contributed by atoms with van der Waals surface area (Å²) in [5, 5.41) is 7.08. The van der Waals surface area contributed by atoms with Gasteiger partial charge in [0, 0.05) is 44.6 Å². The Morgan fingerprint density at radius 2 is 2.12 bits per heavy atom. The van der Waals surface area contributed by atoms with Gasteiger partial charge in [-0.2, -0.15) is 0 Å². The van der Waals surface area contributed by atoms with E-state index in [9.17, 15) is 4.79 Å². The number of halogens is 1. The molecule has 0 aromatic carbocycles. The fourth-order valence-corrected chi connectivity index (χ4v) is 2.56. The summed E-state index contributed by atoms with van der Waals surface area (Å²) in [6.07, 6.45) is 6.32. The number of pyridine rings is 2. The Balaban J connectivity index is 1.71. The van der Waals surface area contributed by atoms with E-state index in [1.807, 2.05) is 25.3 Å². The van der Waals surface area contributed by atoms with Crippen LogP contribution in [0, 0.1) is 0 Å². The summed E-state index contributed by atoms with van der Waals surface area (Å²) in [4.78, 5) is 20.3. The second-order valence-electron chi connectivity index (χ2n) is 5.87. The normalized spacial score (nSPS) is 11.4. The molecule has 26 heavy (non-hydrogen) atoms. The lowest BCUT2D eigenvalue weighted by Crippen LogP contribution is -2.38. The molecule has 2 heterocycles. The molecule has 140 valence electrons. The van der Waals surface area contributed by atoms with Crippen LogP contribution in [0.1, 0.15) is 25.3 Å². The van der Waals surface area contributed by atoms with Gasteiger partial charge in [0.2, 0.25) is 5.56 Å². The largest absolute Gasteiger partial charge is 0.357 e. The molecule has 2 rings (SSSR count). The number of rotatable bonds is 9. The molecule has 2 aromatic rings. The molecule has 6 nitrogen and oxygen atoms in total. The van der Waals surface area contributed by atoms with Crippen LogP contribution in [-0.2, 0) is 13.0 Å². The van der Waals surface area contributed by atoms with Crippen LogP contribution in [0.3, 0.4) is 0 Å². The highest BCUT2D eigenvalue weighted by atomic mass is 35.5. The lowest BCUT2D eigenvalue weighted by molar-refractivity contribution is 0.597. The summed E-state index contributed by atoms with van der Waals surface area (Å²) in [5.74, 6) is 0.811. The highest BCUT2D eigenvalue weighted by Crippen LogP contribution is 2.05. The van der Waals surface area contributed by atoms with Crippen molar-refractivity contribution >= 4 is 17.6 Å². The summed E-state index contributed by atoms with van der Waals surface area (Å²) in [6.45, 7) is 5.08. The number of guanidine groups is 1. The zero-order valence-corrected chi connectivity index (χ0v) is 15.9. The van der Waals surface area contributed by atoms with Crippen molar-refractivity contribution in [2.24, 2.45) is 4.99 Å². The minimum atomic E-state index is 0.0442. The van der Waals surface area contributed by atoms with Crippen LogP contribution in [-0.4, -0.2) is 35.1 Å². The molecule has 0 aliphatic carbocycles. The van der Waals surface area contributed by atoms with Crippen molar-refractivity contribution in [1.29, 1.82) is 0 Å². The Morgan fingerprint density at radius 3 is 2.85 bits per heavy atom. The zero-order chi connectivity index (χ0) is 18.6. The molecule has 0 aliphatic rings. The fraction of sp³-hybridized carbons (Fsp3) is 0.421. The molecule has 0 fully saturated rings. The summed E-state index contributed by atoms with van der Waals surface area (Å²) < 4.78 is 1.73. The third-order valence-corrected chi connectivity index (χ3v) is 4.04. The molecule has 0 bridgehead atoms. The number of aryl methyl sites for hydroxylation is 1. The smallest absolute Gasteiger partial charge is 0.250 e. The second kappa shape index (κ2) is 11.3. The van der Waals surface area contributed by atoms with Gasteiger partial charge < -0.3 is 15.2 Å². The fourth-order valence-electron chi connectivity index (χ4n) is 2.45. The van der Waals surface area contributed by atoms with Gasteiger partial charge in [-0.15, -0.1) is 0 Å².